The third-order valence-corrected chi connectivity index (χ3v) is 8.10. The van der Waals surface area contributed by atoms with Gasteiger partial charge in [0.1, 0.15) is 11.2 Å². The van der Waals surface area contributed by atoms with Gasteiger partial charge in [0.25, 0.3) is 0 Å². The zero-order valence-electron chi connectivity index (χ0n) is 33.6. The number of rotatable bonds is 5. The van der Waals surface area contributed by atoms with Crippen molar-refractivity contribution in [2.45, 2.75) is 0 Å². The van der Waals surface area contributed by atoms with E-state index in [1.54, 1.807) is 36.4 Å². The summed E-state index contributed by atoms with van der Waals surface area (Å²) in [5, 5.41) is 2.86. The van der Waals surface area contributed by atoms with Crippen LogP contribution in [0.5, 0.6) is 0 Å². The standard InChI is InChI=1S/C43H27N3O/c1-3-12-28(13-4-1)30-24-25-34-31(26-30)17-10-21-36(34)43-45-41(29-14-5-2-6-15-29)44-42(46-43)33-18-9-16-32(27-33)35-20-11-23-39-40(35)37-19-7-8-22-38(37)47-39/h1-27H/i1D,3D,4D,9D,12D,13D,16D,18D,27D. The molecular formula is C43H27N3O. The average molecular weight is 611 g/mol. The molecule has 220 valence electrons. The molecular weight excluding hydrogens is 574 g/mol. The first-order valence-corrected chi connectivity index (χ1v) is 15.0. The molecule has 4 nitrogen and oxygen atoms in total. The SMILES string of the molecule is [2H]c1c([2H])c([2H])c(-c2ccc3c(-c4nc(-c5ccccc5)nc(-c5c([2H])c([2H])c([2H])c(-c6cccc7oc8ccccc8c67)c5[2H])n4)cccc3c2)c([2H])c1[2H]. The highest BCUT2D eigenvalue weighted by Crippen LogP contribution is 2.38. The topological polar surface area (TPSA) is 51.8 Å². The van der Waals surface area contributed by atoms with E-state index in [0.717, 1.165) is 5.39 Å². The molecule has 0 aliphatic rings. The van der Waals surface area contributed by atoms with Crippen LogP contribution in [0.4, 0.5) is 0 Å². The molecule has 4 heteroatoms. The van der Waals surface area contributed by atoms with E-state index in [4.69, 9.17) is 30.3 Å². The lowest BCUT2D eigenvalue weighted by Gasteiger charge is -2.12. The highest BCUT2D eigenvalue weighted by molar-refractivity contribution is 6.12. The van der Waals surface area contributed by atoms with E-state index >= 15 is 0 Å². The summed E-state index contributed by atoms with van der Waals surface area (Å²) in [6, 6.07) is 29.6. The number of fused-ring (bicyclic) bond motifs is 4. The molecule has 0 N–H and O–H groups in total. The predicted molar refractivity (Wildman–Crippen MR) is 192 cm³/mol. The van der Waals surface area contributed by atoms with Gasteiger partial charge in [-0.3, -0.25) is 0 Å². The number of benzene rings is 7. The molecule has 47 heavy (non-hydrogen) atoms. The van der Waals surface area contributed by atoms with Gasteiger partial charge in [-0.25, -0.2) is 15.0 Å². The summed E-state index contributed by atoms with van der Waals surface area (Å²) in [7, 11) is 0. The summed E-state index contributed by atoms with van der Waals surface area (Å²) in [6.07, 6.45) is 0. The summed E-state index contributed by atoms with van der Waals surface area (Å²) in [5.74, 6) is 0.471. The van der Waals surface area contributed by atoms with Gasteiger partial charge in [-0.05, 0) is 57.3 Å². The number of hydrogen-bond donors (Lipinski definition) is 0. The van der Waals surface area contributed by atoms with E-state index in [2.05, 4.69) is 0 Å². The maximum absolute atomic E-state index is 9.58. The van der Waals surface area contributed by atoms with Gasteiger partial charge in [-0.15, -0.1) is 0 Å². The van der Waals surface area contributed by atoms with Gasteiger partial charge in [-0.1, -0.05) is 139 Å². The normalized spacial score (nSPS) is 14.1. The molecule has 0 aliphatic carbocycles. The van der Waals surface area contributed by atoms with Crippen molar-refractivity contribution in [2.24, 2.45) is 0 Å². The van der Waals surface area contributed by atoms with Crippen LogP contribution in [0.3, 0.4) is 0 Å². The molecule has 9 aromatic rings. The first-order chi connectivity index (χ1) is 27.0. The minimum atomic E-state index is -0.465. The molecule has 9 rings (SSSR count). The van der Waals surface area contributed by atoms with Gasteiger partial charge >= 0.3 is 0 Å². The average Bonchev–Trinajstić information content (AvgIpc) is 3.61. The largest absolute Gasteiger partial charge is 0.456 e. The van der Waals surface area contributed by atoms with Crippen molar-refractivity contribution in [3.63, 3.8) is 0 Å². The Morgan fingerprint density at radius 1 is 0.447 bits per heavy atom. The Balaban J connectivity index is 1.28. The van der Waals surface area contributed by atoms with E-state index < -0.39 is 18.1 Å². The minimum Gasteiger partial charge on any atom is -0.456 e. The number of nitrogens with zero attached hydrogens (tertiary/aromatic N) is 3. The van der Waals surface area contributed by atoms with Crippen LogP contribution in [0.2, 0.25) is 0 Å². The molecule has 7 aromatic carbocycles. The van der Waals surface area contributed by atoms with E-state index in [1.165, 1.54) is 0 Å². The number of hydrogen-bond acceptors (Lipinski definition) is 4. The molecule has 0 saturated carbocycles. The molecule has 2 aromatic heterocycles. The monoisotopic (exact) mass is 610 g/mol. The molecule has 0 amide bonds. The quantitative estimate of drug-likeness (QED) is 0.195. The van der Waals surface area contributed by atoms with Gasteiger partial charge in [0.15, 0.2) is 17.5 Å². The lowest BCUT2D eigenvalue weighted by molar-refractivity contribution is 0.669. The molecule has 2 heterocycles. The Kier molecular flexibility index (Phi) is 4.57. The van der Waals surface area contributed by atoms with Crippen molar-refractivity contribution in [3.8, 4) is 56.4 Å². The summed E-state index contributed by atoms with van der Waals surface area (Å²) in [4.78, 5) is 14.5. The van der Waals surface area contributed by atoms with Gasteiger partial charge in [0.2, 0.25) is 0 Å². The predicted octanol–water partition coefficient (Wildman–Crippen LogP) is 11.3. The third kappa shape index (κ3) is 4.84. The van der Waals surface area contributed by atoms with E-state index in [1.807, 2.05) is 72.8 Å². The van der Waals surface area contributed by atoms with Crippen molar-refractivity contribution >= 4 is 32.7 Å². The van der Waals surface area contributed by atoms with E-state index in [9.17, 15) is 1.37 Å². The maximum Gasteiger partial charge on any atom is 0.164 e. The van der Waals surface area contributed by atoms with Crippen LogP contribution in [-0.4, -0.2) is 15.0 Å². The van der Waals surface area contributed by atoms with E-state index in [-0.39, 0.29) is 70.4 Å². The summed E-state index contributed by atoms with van der Waals surface area (Å²) in [6.45, 7) is 0. The lowest BCUT2D eigenvalue weighted by Crippen LogP contribution is -2.00. The van der Waals surface area contributed by atoms with Crippen molar-refractivity contribution in [1.29, 1.82) is 0 Å². The maximum atomic E-state index is 9.58. The zero-order chi connectivity index (χ0) is 39.0. The van der Waals surface area contributed by atoms with Gasteiger partial charge in [-0.2, -0.15) is 0 Å². The Hall–Kier alpha value is -6.39. The molecule has 0 unspecified atom stereocenters. The summed E-state index contributed by atoms with van der Waals surface area (Å²) < 4.78 is 84.1. The fourth-order valence-electron chi connectivity index (χ4n) is 5.93. The van der Waals surface area contributed by atoms with Crippen LogP contribution < -0.4 is 0 Å². The lowest BCUT2D eigenvalue weighted by atomic mass is 9.97. The van der Waals surface area contributed by atoms with E-state index in [0.29, 0.717) is 49.6 Å². The van der Waals surface area contributed by atoms with Crippen LogP contribution >= 0.6 is 0 Å². The van der Waals surface area contributed by atoms with Crippen LogP contribution in [0.15, 0.2) is 168 Å². The Morgan fingerprint density at radius 2 is 1.15 bits per heavy atom. The molecule has 0 radical (unpaired) electrons. The Morgan fingerprint density at radius 3 is 2.04 bits per heavy atom. The van der Waals surface area contributed by atoms with Crippen LogP contribution in [0.1, 0.15) is 12.3 Å². The molecule has 0 fully saturated rings. The van der Waals surface area contributed by atoms with Gasteiger partial charge in [0, 0.05) is 27.5 Å². The first-order valence-electron chi connectivity index (χ1n) is 19.5. The summed E-state index contributed by atoms with van der Waals surface area (Å²) in [5.41, 5.74) is 3.58. The molecule has 0 spiro atoms. The fourth-order valence-corrected chi connectivity index (χ4v) is 5.93. The fraction of sp³-hybridized carbons (Fsp3) is 0. The smallest absolute Gasteiger partial charge is 0.164 e. The van der Waals surface area contributed by atoms with Crippen LogP contribution in [0.25, 0.3) is 89.1 Å². The van der Waals surface area contributed by atoms with Crippen molar-refractivity contribution < 1.29 is 16.8 Å². The first kappa shape index (κ1) is 19.2. The number of aromatic nitrogens is 3. The highest BCUT2D eigenvalue weighted by atomic mass is 16.3. The van der Waals surface area contributed by atoms with Crippen molar-refractivity contribution in [1.82, 2.24) is 15.0 Å². The molecule has 0 saturated heterocycles. The van der Waals surface area contributed by atoms with Crippen LogP contribution in [-0.2, 0) is 0 Å². The molecule has 0 atom stereocenters. The second-order valence-electron chi connectivity index (χ2n) is 10.9. The highest BCUT2D eigenvalue weighted by Gasteiger charge is 2.17. The zero-order valence-corrected chi connectivity index (χ0v) is 24.6. The number of para-hydroxylation sites is 1. The van der Waals surface area contributed by atoms with Gasteiger partial charge in [0.05, 0.1) is 12.3 Å². The number of furan rings is 1. The Bertz CT molecular complexity index is 3070. The van der Waals surface area contributed by atoms with Crippen molar-refractivity contribution in [3.05, 3.63) is 164 Å². The summed E-state index contributed by atoms with van der Waals surface area (Å²) >= 11 is 0. The second kappa shape index (κ2) is 11.2. The van der Waals surface area contributed by atoms with Crippen molar-refractivity contribution in [2.75, 3.05) is 0 Å². The molecule has 0 bridgehead atoms. The third-order valence-electron chi connectivity index (χ3n) is 8.10. The molecule has 0 aliphatic heterocycles. The van der Waals surface area contributed by atoms with Gasteiger partial charge < -0.3 is 4.42 Å². The Labute approximate surface area is 284 Å². The van der Waals surface area contributed by atoms with Crippen LogP contribution in [0, 0.1) is 0 Å². The second-order valence-corrected chi connectivity index (χ2v) is 10.9. The minimum absolute atomic E-state index is 0.0180.